The number of benzene rings is 1. The second-order valence-corrected chi connectivity index (χ2v) is 6.19. The van der Waals surface area contributed by atoms with Gasteiger partial charge in [-0.1, -0.05) is 12.1 Å². The summed E-state index contributed by atoms with van der Waals surface area (Å²) in [6, 6.07) is 11.1. The standard InChI is InChI=1S/C19H23N3O3/c1-13-11-22(12-14(2)25-13)19(23)15-7-6-10-20-18(15)21-16-8-4-5-9-17(16)24-3/h4-10,13-14H,11-12H2,1-3H3,(H,20,21). The fourth-order valence-electron chi connectivity index (χ4n) is 3.07. The maximum absolute atomic E-state index is 13.0. The lowest BCUT2D eigenvalue weighted by molar-refractivity contribution is -0.0586. The molecule has 2 heterocycles. The Kier molecular flexibility index (Phi) is 5.19. The summed E-state index contributed by atoms with van der Waals surface area (Å²) in [5, 5.41) is 3.22. The van der Waals surface area contributed by atoms with Crippen molar-refractivity contribution in [3.8, 4) is 5.75 Å². The third-order valence-electron chi connectivity index (χ3n) is 4.10. The first-order chi connectivity index (χ1) is 12.1. The molecule has 132 valence electrons. The molecule has 1 aromatic heterocycles. The number of nitrogens with one attached hydrogen (secondary N) is 1. The van der Waals surface area contributed by atoms with E-state index in [0.717, 1.165) is 5.69 Å². The van der Waals surface area contributed by atoms with Crippen molar-refractivity contribution in [2.45, 2.75) is 26.1 Å². The number of methoxy groups -OCH3 is 1. The lowest BCUT2D eigenvalue weighted by Gasteiger charge is -2.35. The number of aromatic nitrogens is 1. The quantitative estimate of drug-likeness (QED) is 0.926. The van der Waals surface area contributed by atoms with Gasteiger partial charge in [0.15, 0.2) is 0 Å². The summed E-state index contributed by atoms with van der Waals surface area (Å²) in [6.45, 7) is 5.11. The minimum absolute atomic E-state index is 0.0231. The topological polar surface area (TPSA) is 63.7 Å². The Balaban J connectivity index is 1.87. The second-order valence-electron chi connectivity index (χ2n) is 6.19. The SMILES string of the molecule is COc1ccccc1Nc1ncccc1C(=O)N1CC(C)OC(C)C1. The van der Waals surface area contributed by atoms with Crippen molar-refractivity contribution < 1.29 is 14.3 Å². The maximum atomic E-state index is 13.0. The van der Waals surface area contributed by atoms with Crippen molar-refractivity contribution in [3.63, 3.8) is 0 Å². The van der Waals surface area contributed by atoms with Crippen LogP contribution in [0.2, 0.25) is 0 Å². The number of nitrogens with zero attached hydrogens (tertiary/aromatic N) is 2. The number of ether oxygens (including phenoxy) is 2. The summed E-state index contributed by atoms with van der Waals surface area (Å²) in [5.74, 6) is 1.16. The van der Waals surface area contributed by atoms with Gasteiger partial charge >= 0.3 is 0 Å². The number of morpholine rings is 1. The normalized spacial score (nSPS) is 20.2. The summed E-state index contributed by atoms with van der Waals surface area (Å²) in [4.78, 5) is 19.2. The number of pyridine rings is 1. The molecule has 1 fully saturated rings. The summed E-state index contributed by atoms with van der Waals surface area (Å²) < 4.78 is 11.1. The Bertz CT molecular complexity index is 740. The van der Waals surface area contributed by atoms with E-state index in [1.807, 2.05) is 43.0 Å². The smallest absolute Gasteiger partial charge is 0.257 e. The van der Waals surface area contributed by atoms with Crippen LogP contribution in [0.3, 0.4) is 0 Å². The van der Waals surface area contributed by atoms with Gasteiger partial charge in [-0.3, -0.25) is 4.79 Å². The second kappa shape index (κ2) is 7.53. The van der Waals surface area contributed by atoms with E-state index in [-0.39, 0.29) is 18.1 Å². The lowest BCUT2D eigenvalue weighted by Crippen LogP contribution is -2.48. The van der Waals surface area contributed by atoms with Gasteiger partial charge in [-0.15, -0.1) is 0 Å². The number of amides is 1. The highest BCUT2D eigenvalue weighted by Gasteiger charge is 2.28. The molecule has 0 spiro atoms. The molecule has 2 unspecified atom stereocenters. The molecule has 1 N–H and O–H groups in total. The van der Waals surface area contributed by atoms with Crippen molar-refractivity contribution >= 4 is 17.4 Å². The molecule has 0 radical (unpaired) electrons. The van der Waals surface area contributed by atoms with Gasteiger partial charge in [-0.25, -0.2) is 4.98 Å². The Morgan fingerprint density at radius 2 is 1.92 bits per heavy atom. The van der Waals surface area contributed by atoms with Gasteiger partial charge in [0.25, 0.3) is 5.91 Å². The largest absolute Gasteiger partial charge is 0.495 e. The predicted octanol–water partition coefficient (Wildman–Crippen LogP) is 3.08. The summed E-state index contributed by atoms with van der Waals surface area (Å²) in [7, 11) is 1.61. The first-order valence-corrected chi connectivity index (χ1v) is 8.38. The number of rotatable bonds is 4. The average molecular weight is 341 g/mol. The van der Waals surface area contributed by atoms with Gasteiger partial charge in [-0.2, -0.15) is 0 Å². The monoisotopic (exact) mass is 341 g/mol. The Morgan fingerprint density at radius 1 is 1.20 bits per heavy atom. The number of carbonyl (C=O) groups excluding carboxylic acids is 1. The minimum atomic E-state index is -0.0486. The zero-order chi connectivity index (χ0) is 17.8. The molecule has 1 aliphatic rings. The molecule has 1 aromatic carbocycles. The van der Waals surface area contributed by atoms with E-state index in [0.29, 0.717) is 30.2 Å². The molecular formula is C19H23N3O3. The van der Waals surface area contributed by atoms with E-state index in [1.54, 1.807) is 25.4 Å². The first-order valence-electron chi connectivity index (χ1n) is 8.38. The van der Waals surface area contributed by atoms with E-state index in [2.05, 4.69) is 10.3 Å². The predicted molar refractivity (Wildman–Crippen MR) is 96.4 cm³/mol. The summed E-state index contributed by atoms with van der Waals surface area (Å²) >= 11 is 0. The van der Waals surface area contributed by atoms with Crippen LogP contribution in [0.15, 0.2) is 42.6 Å². The van der Waals surface area contributed by atoms with Crippen LogP contribution in [0, 0.1) is 0 Å². The third kappa shape index (κ3) is 3.91. The van der Waals surface area contributed by atoms with E-state index in [1.165, 1.54) is 0 Å². The van der Waals surface area contributed by atoms with Crippen molar-refractivity contribution in [2.24, 2.45) is 0 Å². The molecule has 25 heavy (non-hydrogen) atoms. The first kappa shape index (κ1) is 17.2. The number of hydrogen-bond acceptors (Lipinski definition) is 5. The summed E-state index contributed by atoms with van der Waals surface area (Å²) in [6.07, 6.45) is 1.71. The highest BCUT2D eigenvalue weighted by atomic mass is 16.5. The van der Waals surface area contributed by atoms with Crippen LogP contribution in [0.25, 0.3) is 0 Å². The molecular weight excluding hydrogens is 318 g/mol. The van der Waals surface area contributed by atoms with Crippen LogP contribution in [0.4, 0.5) is 11.5 Å². The van der Waals surface area contributed by atoms with Crippen LogP contribution >= 0.6 is 0 Å². The number of para-hydroxylation sites is 2. The van der Waals surface area contributed by atoms with Crippen LogP contribution in [0.1, 0.15) is 24.2 Å². The van der Waals surface area contributed by atoms with Gasteiger partial charge in [-0.05, 0) is 38.1 Å². The molecule has 6 nitrogen and oxygen atoms in total. The third-order valence-corrected chi connectivity index (χ3v) is 4.10. The zero-order valence-electron chi connectivity index (χ0n) is 14.7. The van der Waals surface area contributed by atoms with Crippen molar-refractivity contribution in [2.75, 3.05) is 25.5 Å². The Labute approximate surface area is 147 Å². The highest BCUT2D eigenvalue weighted by molar-refractivity contribution is 5.99. The highest BCUT2D eigenvalue weighted by Crippen LogP contribution is 2.28. The molecule has 3 rings (SSSR count). The van der Waals surface area contributed by atoms with Crippen LogP contribution in [0.5, 0.6) is 5.75 Å². The molecule has 1 saturated heterocycles. The van der Waals surface area contributed by atoms with E-state index >= 15 is 0 Å². The fourth-order valence-corrected chi connectivity index (χ4v) is 3.07. The molecule has 1 amide bonds. The van der Waals surface area contributed by atoms with Crippen LogP contribution < -0.4 is 10.1 Å². The number of carbonyl (C=O) groups is 1. The van der Waals surface area contributed by atoms with Crippen LogP contribution in [-0.2, 0) is 4.74 Å². The molecule has 6 heteroatoms. The van der Waals surface area contributed by atoms with E-state index in [9.17, 15) is 4.79 Å². The van der Waals surface area contributed by atoms with Crippen molar-refractivity contribution in [1.29, 1.82) is 0 Å². The summed E-state index contributed by atoms with van der Waals surface area (Å²) in [5.41, 5.74) is 1.30. The van der Waals surface area contributed by atoms with Crippen molar-refractivity contribution in [3.05, 3.63) is 48.2 Å². The van der Waals surface area contributed by atoms with E-state index in [4.69, 9.17) is 9.47 Å². The van der Waals surface area contributed by atoms with Crippen LogP contribution in [-0.4, -0.2) is 48.2 Å². The molecule has 0 bridgehead atoms. The van der Waals surface area contributed by atoms with Crippen molar-refractivity contribution in [1.82, 2.24) is 9.88 Å². The molecule has 2 atom stereocenters. The molecule has 2 aromatic rings. The zero-order valence-corrected chi connectivity index (χ0v) is 14.7. The molecule has 0 saturated carbocycles. The maximum Gasteiger partial charge on any atom is 0.257 e. The van der Waals surface area contributed by atoms with Gasteiger partial charge in [0.2, 0.25) is 0 Å². The average Bonchev–Trinajstić information content (AvgIpc) is 2.61. The molecule has 1 aliphatic heterocycles. The lowest BCUT2D eigenvalue weighted by atomic mass is 10.1. The minimum Gasteiger partial charge on any atom is -0.495 e. The Morgan fingerprint density at radius 3 is 2.64 bits per heavy atom. The fraction of sp³-hybridized carbons (Fsp3) is 0.368. The van der Waals surface area contributed by atoms with E-state index < -0.39 is 0 Å². The van der Waals surface area contributed by atoms with Gasteiger partial charge in [0.05, 0.1) is 30.6 Å². The number of hydrogen-bond donors (Lipinski definition) is 1. The van der Waals surface area contributed by atoms with Gasteiger partial charge in [0.1, 0.15) is 11.6 Å². The van der Waals surface area contributed by atoms with Gasteiger partial charge in [0, 0.05) is 19.3 Å². The number of anilines is 2. The Hall–Kier alpha value is -2.60. The molecule has 0 aliphatic carbocycles. The van der Waals surface area contributed by atoms with Gasteiger partial charge < -0.3 is 19.7 Å².